The molecule has 2 aromatic carbocycles. The first-order chi connectivity index (χ1) is 10.1. The van der Waals surface area contributed by atoms with Crippen LogP contribution >= 0.6 is 23.2 Å². The van der Waals surface area contributed by atoms with E-state index in [4.69, 9.17) is 27.9 Å². The monoisotopic (exact) mass is 323 g/mol. The van der Waals surface area contributed by atoms with Gasteiger partial charge in [0.2, 0.25) is 0 Å². The van der Waals surface area contributed by atoms with Gasteiger partial charge in [-0.3, -0.25) is 9.59 Å². The molecule has 0 aromatic heterocycles. The van der Waals surface area contributed by atoms with Crippen molar-refractivity contribution in [1.82, 2.24) is 0 Å². The summed E-state index contributed by atoms with van der Waals surface area (Å²) in [7, 11) is 0. The number of rotatable bonds is 5. The molecule has 0 fully saturated rings. The van der Waals surface area contributed by atoms with Crippen LogP contribution in [-0.4, -0.2) is 18.8 Å². The van der Waals surface area contributed by atoms with Crippen LogP contribution in [0, 0.1) is 0 Å². The van der Waals surface area contributed by atoms with Crippen LogP contribution in [0.4, 0.5) is 5.69 Å². The van der Waals surface area contributed by atoms with Gasteiger partial charge in [-0.25, -0.2) is 0 Å². The standard InChI is InChI=1S/C15H11Cl2NO3/c16-12-2-1-3-13(17)15(12)18-14(20)9-21-11-6-4-10(8-19)5-7-11/h1-8H,9H2,(H,18,20). The molecule has 2 aromatic rings. The quantitative estimate of drug-likeness (QED) is 0.851. The van der Waals surface area contributed by atoms with Gasteiger partial charge in [0.1, 0.15) is 12.0 Å². The predicted molar refractivity (Wildman–Crippen MR) is 82.4 cm³/mol. The summed E-state index contributed by atoms with van der Waals surface area (Å²) in [5.74, 6) is 0.102. The van der Waals surface area contributed by atoms with Gasteiger partial charge in [-0.1, -0.05) is 29.3 Å². The SMILES string of the molecule is O=Cc1ccc(OCC(=O)Nc2c(Cl)cccc2Cl)cc1. The maximum absolute atomic E-state index is 11.8. The number of halogens is 2. The second-order valence-electron chi connectivity index (χ2n) is 4.12. The molecule has 0 unspecified atom stereocenters. The van der Waals surface area contributed by atoms with Crippen molar-refractivity contribution in [2.75, 3.05) is 11.9 Å². The third-order valence-electron chi connectivity index (χ3n) is 2.61. The van der Waals surface area contributed by atoms with E-state index >= 15 is 0 Å². The lowest BCUT2D eigenvalue weighted by Gasteiger charge is -2.10. The highest BCUT2D eigenvalue weighted by molar-refractivity contribution is 6.39. The van der Waals surface area contributed by atoms with Gasteiger partial charge in [-0.2, -0.15) is 0 Å². The summed E-state index contributed by atoms with van der Waals surface area (Å²) in [4.78, 5) is 22.3. The number of nitrogens with one attached hydrogen (secondary N) is 1. The number of hydrogen-bond acceptors (Lipinski definition) is 3. The second-order valence-corrected chi connectivity index (χ2v) is 4.93. The maximum atomic E-state index is 11.8. The lowest BCUT2D eigenvalue weighted by atomic mass is 10.2. The number of amides is 1. The van der Waals surface area contributed by atoms with Crippen molar-refractivity contribution in [1.29, 1.82) is 0 Å². The second kappa shape index (κ2) is 7.11. The maximum Gasteiger partial charge on any atom is 0.262 e. The Morgan fingerprint density at radius 2 is 1.71 bits per heavy atom. The Bertz CT molecular complexity index is 636. The van der Waals surface area contributed by atoms with Crippen LogP contribution < -0.4 is 10.1 Å². The third kappa shape index (κ3) is 4.21. The van der Waals surface area contributed by atoms with Crippen molar-refractivity contribution in [3.8, 4) is 5.75 Å². The van der Waals surface area contributed by atoms with Crippen molar-refractivity contribution >= 4 is 41.1 Å². The molecule has 2 rings (SSSR count). The van der Waals surface area contributed by atoms with Crippen LogP contribution in [-0.2, 0) is 4.79 Å². The highest BCUT2D eigenvalue weighted by Gasteiger charge is 2.10. The minimum atomic E-state index is -0.385. The largest absolute Gasteiger partial charge is 0.484 e. The summed E-state index contributed by atoms with van der Waals surface area (Å²) in [5.41, 5.74) is 0.889. The minimum Gasteiger partial charge on any atom is -0.484 e. The van der Waals surface area contributed by atoms with E-state index in [1.807, 2.05) is 0 Å². The Labute approximate surface area is 131 Å². The molecule has 1 N–H and O–H groups in total. The highest BCUT2D eigenvalue weighted by atomic mass is 35.5. The Kier molecular flexibility index (Phi) is 5.20. The van der Waals surface area contributed by atoms with Gasteiger partial charge in [-0.05, 0) is 36.4 Å². The smallest absolute Gasteiger partial charge is 0.262 e. The summed E-state index contributed by atoms with van der Waals surface area (Å²) in [5, 5.41) is 3.29. The van der Waals surface area contributed by atoms with E-state index in [0.717, 1.165) is 6.29 Å². The average Bonchev–Trinajstić information content (AvgIpc) is 2.49. The molecule has 1 amide bonds. The lowest BCUT2D eigenvalue weighted by Crippen LogP contribution is -2.20. The first kappa shape index (κ1) is 15.4. The van der Waals surface area contributed by atoms with E-state index < -0.39 is 0 Å². The van der Waals surface area contributed by atoms with E-state index in [-0.39, 0.29) is 12.5 Å². The number of aldehydes is 1. The molecule has 21 heavy (non-hydrogen) atoms. The fourth-order valence-electron chi connectivity index (χ4n) is 1.58. The van der Waals surface area contributed by atoms with Gasteiger partial charge < -0.3 is 10.1 Å². The molecular weight excluding hydrogens is 313 g/mol. The van der Waals surface area contributed by atoms with Crippen LogP contribution in [0.2, 0.25) is 10.0 Å². The molecule has 0 bridgehead atoms. The Morgan fingerprint density at radius 1 is 1.10 bits per heavy atom. The Balaban J connectivity index is 1.94. The molecule has 0 aliphatic carbocycles. The zero-order chi connectivity index (χ0) is 15.2. The van der Waals surface area contributed by atoms with Gasteiger partial charge in [-0.15, -0.1) is 0 Å². The molecule has 6 heteroatoms. The zero-order valence-electron chi connectivity index (χ0n) is 10.8. The summed E-state index contributed by atoms with van der Waals surface area (Å²) >= 11 is 11.9. The summed E-state index contributed by atoms with van der Waals surface area (Å²) in [6, 6.07) is 11.4. The molecule has 0 heterocycles. The molecule has 108 valence electrons. The Morgan fingerprint density at radius 3 is 2.29 bits per heavy atom. The summed E-state index contributed by atoms with van der Waals surface area (Å²) in [6.07, 6.45) is 0.732. The van der Waals surface area contributed by atoms with Crippen LogP contribution in [0.25, 0.3) is 0 Å². The van der Waals surface area contributed by atoms with E-state index in [9.17, 15) is 9.59 Å². The number of carbonyl (C=O) groups is 2. The topological polar surface area (TPSA) is 55.4 Å². The van der Waals surface area contributed by atoms with Crippen molar-refractivity contribution in [3.05, 3.63) is 58.1 Å². The molecule has 0 spiro atoms. The highest BCUT2D eigenvalue weighted by Crippen LogP contribution is 2.29. The molecule has 0 aliphatic rings. The lowest BCUT2D eigenvalue weighted by molar-refractivity contribution is -0.118. The van der Waals surface area contributed by atoms with Gasteiger partial charge in [0.05, 0.1) is 15.7 Å². The average molecular weight is 324 g/mol. The molecule has 4 nitrogen and oxygen atoms in total. The Hall–Kier alpha value is -2.04. The van der Waals surface area contributed by atoms with Crippen molar-refractivity contribution in [3.63, 3.8) is 0 Å². The van der Waals surface area contributed by atoms with Gasteiger partial charge >= 0.3 is 0 Å². The number of benzene rings is 2. The van der Waals surface area contributed by atoms with Gasteiger partial charge in [0.25, 0.3) is 5.91 Å². The third-order valence-corrected chi connectivity index (χ3v) is 3.24. The molecule has 0 saturated carbocycles. The summed E-state index contributed by atoms with van der Waals surface area (Å²) in [6.45, 7) is -0.192. The van der Waals surface area contributed by atoms with Crippen molar-refractivity contribution in [2.45, 2.75) is 0 Å². The van der Waals surface area contributed by atoms with E-state index in [1.165, 1.54) is 0 Å². The molecule has 0 aliphatic heterocycles. The molecule has 0 radical (unpaired) electrons. The molecular formula is C15H11Cl2NO3. The zero-order valence-corrected chi connectivity index (χ0v) is 12.3. The normalized spacial score (nSPS) is 10.0. The number of ether oxygens (including phenoxy) is 1. The fraction of sp³-hybridized carbons (Fsp3) is 0.0667. The fourth-order valence-corrected chi connectivity index (χ4v) is 2.08. The first-order valence-electron chi connectivity index (χ1n) is 6.02. The number of carbonyl (C=O) groups excluding carboxylic acids is 2. The van der Waals surface area contributed by atoms with Gasteiger partial charge in [0, 0.05) is 5.56 Å². The first-order valence-corrected chi connectivity index (χ1v) is 6.77. The number of para-hydroxylation sites is 1. The van der Waals surface area contributed by atoms with Crippen molar-refractivity contribution in [2.24, 2.45) is 0 Å². The number of anilines is 1. The van der Waals surface area contributed by atoms with E-state index in [1.54, 1.807) is 42.5 Å². The van der Waals surface area contributed by atoms with Crippen LogP contribution in [0.15, 0.2) is 42.5 Å². The minimum absolute atomic E-state index is 0.192. The van der Waals surface area contributed by atoms with Crippen LogP contribution in [0.3, 0.4) is 0 Å². The van der Waals surface area contributed by atoms with Crippen molar-refractivity contribution < 1.29 is 14.3 Å². The molecule has 0 saturated heterocycles. The predicted octanol–water partition coefficient (Wildman–Crippen LogP) is 3.82. The van der Waals surface area contributed by atoms with Crippen LogP contribution in [0.5, 0.6) is 5.75 Å². The summed E-state index contributed by atoms with van der Waals surface area (Å²) < 4.78 is 5.31. The number of hydrogen-bond donors (Lipinski definition) is 1. The van der Waals surface area contributed by atoms with E-state index in [2.05, 4.69) is 5.32 Å². The molecule has 0 atom stereocenters. The van der Waals surface area contributed by atoms with E-state index in [0.29, 0.717) is 27.0 Å². The van der Waals surface area contributed by atoms with Crippen LogP contribution in [0.1, 0.15) is 10.4 Å². The van der Waals surface area contributed by atoms with Gasteiger partial charge in [0.15, 0.2) is 6.61 Å².